The van der Waals surface area contributed by atoms with Crippen LogP contribution in [0.15, 0.2) is 42.6 Å². The number of halogens is 1. The minimum atomic E-state index is -0.715. The highest BCUT2D eigenvalue weighted by atomic mass is 19.1. The van der Waals surface area contributed by atoms with Crippen molar-refractivity contribution in [1.29, 1.82) is 0 Å². The molecule has 2 fully saturated rings. The third kappa shape index (κ3) is 3.48. The number of nitrogens with one attached hydrogen (secondary N) is 1. The first-order chi connectivity index (χ1) is 14.6. The molecule has 0 spiro atoms. The van der Waals surface area contributed by atoms with Gasteiger partial charge in [-0.25, -0.2) is 4.39 Å². The quantitative estimate of drug-likeness (QED) is 0.613. The molecule has 154 valence electrons. The number of fused-ring (bicyclic) bond motifs is 2. The van der Waals surface area contributed by atoms with Crippen molar-refractivity contribution >= 4 is 5.82 Å². The lowest BCUT2D eigenvalue weighted by Gasteiger charge is -2.40. The molecule has 7 nitrogen and oxygen atoms in total. The number of hydrogen-bond donors (Lipinski definition) is 3. The number of aromatic nitrogens is 3. The molecule has 0 unspecified atom stereocenters. The molecule has 1 aromatic carbocycles. The predicted molar refractivity (Wildman–Crippen MR) is 110 cm³/mol. The van der Waals surface area contributed by atoms with Crippen molar-refractivity contribution in [3.63, 3.8) is 0 Å². The van der Waals surface area contributed by atoms with Gasteiger partial charge in [0.25, 0.3) is 0 Å². The number of anilines is 1. The fourth-order valence-corrected chi connectivity index (χ4v) is 4.42. The van der Waals surface area contributed by atoms with Crippen molar-refractivity contribution in [2.75, 3.05) is 18.9 Å². The molecule has 30 heavy (non-hydrogen) atoms. The van der Waals surface area contributed by atoms with Gasteiger partial charge in [0.2, 0.25) is 0 Å². The normalized spacial score (nSPS) is 23.3. The first-order valence-electron chi connectivity index (χ1n) is 9.99. The van der Waals surface area contributed by atoms with Gasteiger partial charge in [0, 0.05) is 29.4 Å². The van der Waals surface area contributed by atoms with Crippen LogP contribution in [0.3, 0.4) is 0 Å². The Bertz CT molecular complexity index is 1080. The van der Waals surface area contributed by atoms with E-state index in [2.05, 4.69) is 20.5 Å². The Balaban J connectivity index is 1.50. The van der Waals surface area contributed by atoms with Crippen LogP contribution in [0.4, 0.5) is 10.2 Å². The SMILES string of the molecule is Nc1nnc(-c2cccc(F)c2O)cc1-c1cc(C2C[C@@H]3COC[C@@H](C2)N3)ccn1. The Kier molecular flexibility index (Phi) is 4.80. The third-order valence-electron chi connectivity index (χ3n) is 5.86. The molecule has 2 aromatic heterocycles. The Labute approximate surface area is 173 Å². The molecule has 3 aromatic rings. The molecule has 0 aliphatic carbocycles. The topological polar surface area (TPSA) is 106 Å². The Hall–Kier alpha value is -3.10. The van der Waals surface area contributed by atoms with E-state index in [1.807, 2.05) is 12.1 Å². The van der Waals surface area contributed by atoms with Crippen LogP contribution in [0.25, 0.3) is 22.5 Å². The van der Waals surface area contributed by atoms with E-state index in [1.165, 1.54) is 17.7 Å². The summed E-state index contributed by atoms with van der Waals surface area (Å²) in [5, 5.41) is 21.7. The van der Waals surface area contributed by atoms with Gasteiger partial charge in [-0.3, -0.25) is 4.98 Å². The van der Waals surface area contributed by atoms with E-state index >= 15 is 0 Å². The molecule has 4 N–H and O–H groups in total. The zero-order valence-electron chi connectivity index (χ0n) is 16.3. The Morgan fingerprint density at radius 2 is 1.83 bits per heavy atom. The number of nitrogens with two attached hydrogens (primary N) is 1. The van der Waals surface area contributed by atoms with E-state index in [4.69, 9.17) is 10.5 Å². The number of phenolic OH excluding ortho intramolecular Hbond substituents is 1. The zero-order valence-corrected chi connectivity index (χ0v) is 16.3. The first-order valence-corrected chi connectivity index (χ1v) is 9.99. The minimum absolute atomic E-state index is 0.231. The number of piperidine rings is 1. The summed E-state index contributed by atoms with van der Waals surface area (Å²) < 4.78 is 19.4. The van der Waals surface area contributed by atoms with Crippen molar-refractivity contribution in [2.45, 2.75) is 30.8 Å². The van der Waals surface area contributed by atoms with Gasteiger partial charge in [-0.05, 0) is 54.7 Å². The number of pyridine rings is 1. The second-order valence-electron chi connectivity index (χ2n) is 7.91. The highest BCUT2D eigenvalue weighted by molar-refractivity contribution is 5.77. The summed E-state index contributed by atoms with van der Waals surface area (Å²) in [6.45, 7) is 1.49. The molecule has 2 atom stereocenters. The van der Waals surface area contributed by atoms with Crippen molar-refractivity contribution in [3.8, 4) is 28.3 Å². The summed E-state index contributed by atoms with van der Waals surface area (Å²) in [6, 6.07) is 10.8. The van der Waals surface area contributed by atoms with Crippen LogP contribution in [0.1, 0.15) is 24.3 Å². The van der Waals surface area contributed by atoms with Crippen LogP contribution in [-0.2, 0) is 4.74 Å². The third-order valence-corrected chi connectivity index (χ3v) is 5.86. The number of hydrogen-bond acceptors (Lipinski definition) is 7. The number of aromatic hydroxyl groups is 1. The highest BCUT2D eigenvalue weighted by Crippen LogP contribution is 2.36. The van der Waals surface area contributed by atoms with Crippen LogP contribution >= 0.6 is 0 Å². The van der Waals surface area contributed by atoms with Gasteiger partial charge in [-0.1, -0.05) is 6.07 Å². The van der Waals surface area contributed by atoms with Crippen LogP contribution in [0.2, 0.25) is 0 Å². The second-order valence-corrected chi connectivity index (χ2v) is 7.91. The van der Waals surface area contributed by atoms with E-state index in [0.29, 0.717) is 35.0 Å². The van der Waals surface area contributed by atoms with Gasteiger partial charge in [0.1, 0.15) is 0 Å². The maximum absolute atomic E-state index is 13.8. The standard InChI is InChI=1S/C22H22FN5O2/c23-18-3-1-2-16(21(18)29)20-9-17(22(24)28-27-20)19-8-12(4-5-25-19)13-6-14-10-30-11-15(7-13)26-14/h1-5,8-9,13-15,26,29H,6-7,10-11H2,(H2,24,28)/t14-,15-/m1/s1. The maximum atomic E-state index is 13.8. The molecule has 5 rings (SSSR count). The largest absolute Gasteiger partial charge is 0.504 e. The predicted octanol–water partition coefficient (Wildman–Crippen LogP) is 2.87. The molecule has 2 saturated heterocycles. The summed E-state index contributed by atoms with van der Waals surface area (Å²) in [6.07, 6.45) is 3.79. The van der Waals surface area contributed by atoms with Crippen LogP contribution in [0, 0.1) is 5.82 Å². The number of ether oxygens (including phenoxy) is 1. The molecule has 2 bridgehead atoms. The molecule has 8 heteroatoms. The van der Waals surface area contributed by atoms with Crippen LogP contribution in [0.5, 0.6) is 5.75 Å². The summed E-state index contributed by atoms with van der Waals surface area (Å²) >= 11 is 0. The average molecular weight is 407 g/mol. The van der Waals surface area contributed by atoms with Crippen LogP contribution in [-0.4, -0.2) is 45.6 Å². The Morgan fingerprint density at radius 3 is 2.63 bits per heavy atom. The first kappa shape index (κ1) is 18.9. The maximum Gasteiger partial charge on any atom is 0.165 e. The number of benzene rings is 1. The number of nitrogen functional groups attached to an aromatic ring is 1. The fourth-order valence-electron chi connectivity index (χ4n) is 4.42. The summed E-state index contributed by atoms with van der Waals surface area (Å²) in [5.74, 6) is -0.537. The van der Waals surface area contributed by atoms with E-state index in [-0.39, 0.29) is 11.4 Å². The molecule has 2 aliphatic heterocycles. The molecule has 4 heterocycles. The van der Waals surface area contributed by atoms with E-state index in [1.54, 1.807) is 18.3 Å². The monoisotopic (exact) mass is 407 g/mol. The van der Waals surface area contributed by atoms with Gasteiger partial charge >= 0.3 is 0 Å². The summed E-state index contributed by atoms with van der Waals surface area (Å²) in [5.41, 5.74) is 9.16. The van der Waals surface area contributed by atoms with Crippen molar-refractivity contribution < 1.29 is 14.2 Å². The summed E-state index contributed by atoms with van der Waals surface area (Å²) in [7, 11) is 0. The van der Waals surface area contributed by atoms with Gasteiger partial charge in [0.05, 0.1) is 24.6 Å². The van der Waals surface area contributed by atoms with Crippen molar-refractivity contribution in [3.05, 3.63) is 54.0 Å². The zero-order chi connectivity index (χ0) is 20.7. The second kappa shape index (κ2) is 7.62. The van der Waals surface area contributed by atoms with Crippen molar-refractivity contribution in [2.24, 2.45) is 0 Å². The summed E-state index contributed by atoms with van der Waals surface area (Å²) in [4.78, 5) is 4.49. The molecular formula is C22H22FN5O2. The van der Waals surface area contributed by atoms with Gasteiger partial charge in [-0.15, -0.1) is 10.2 Å². The lowest BCUT2D eigenvalue weighted by atomic mass is 9.82. The minimum Gasteiger partial charge on any atom is -0.504 e. The Morgan fingerprint density at radius 1 is 1.03 bits per heavy atom. The number of morpholine rings is 1. The van der Waals surface area contributed by atoms with Crippen molar-refractivity contribution in [1.82, 2.24) is 20.5 Å². The number of phenols is 1. The molecule has 0 radical (unpaired) electrons. The highest BCUT2D eigenvalue weighted by Gasteiger charge is 2.32. The lowest BCUT2D eigenvalue weighted by Crippen LogP contribution is -2.53. The van der Waals surface area contributed by atoms with Gasteiger partial charge in [-0.2, -0.15) is 0 Å². The number of nitrogens with zero attached hydrogens (tertiary/aromatic N) is 3. The number of rotatable bonds is 3. The number of para-hydroxylation sites is 1. The average Bonchev–Trinajstić information content (AvgIpc) is 2.76. The van der Waals surface area contributed by atoms with E-state index in [9.17, 15) is 9.50 Å². The van der Waals surface area contributed by atoms with E-state index < -0.39 is 11.6 Å². The lowest BCUT2D eigenvalue weighted by molar-refractivity contribution is 0.0180. The van der Waals surface area contributed by atoms with Crippen LogP contribution < -0.4 is 11.1 Å². The van der Waals surface area contributed by atoms with Gasteiger partial charge < -0.3 is 20.9 Å². The van der Waals surface area contributed by atoms with Gasteiger partial charge in [0.15, 0.2) is 17.4 Å². The molecular weight excluding hydrogens is 385 g/mol. The fraction of sp³-hybridized carbons (Fsp3) is 0.318. The van der Waals surface area contributed by atoms with E-state index in [0.717, 1.165) is 26.1 Å². The molecule has 0 saturated carbocycles. The molecule has 2 aliphatic rings. The smallest absolute Gasteiger partial charge is 0.165 e. The molecule has 0 amide bonds.